The summed E-state index contributed by atoms with van der Waals surface area (Å²) in [5.41, 5.74) is 0.918. The lowest BCUT2D eigenvalue weighted by Crippen LogP contribution is -2.29. The van der Waals surface area contributed by atoms with Crippen molar-refractivity contribution in [1.29, 1.82) is 0 Å². The SMILES string of the molecule is O=C1C(=O)N(Cc2cn(CP(=O)(O)O)nn2)c2ccc(Cl)cc21. The second kappa shape index (κ2) is 5.54. The number of rotatable bonds is 4. The van der Waals surface area contributed by atoms with E-state index >= 15 is 0 Å². The second-order valence-electron chi connectivity index (χ2n) is 4.94. The van der Waals surface area contributed by atoms with Gasteiger partial charge in [-0.05, 0) is 18.2 Å². The predicted octanol–water partition coefficient (Wildman–Crippen LogP) is 0.796. The van der Waals surface area contributed by atoms with E-state index in [4.69, 9.17) is 21.4 Å². The molecule has 1 aliphatic heterocycles. The minimum absolute atomic E-state index is 0.0413. The van der Waals surface area contributed by atoms with Crippen molar-refractivity contribution in [1.82, 2.24) is 15.0 Å². The highest BCUT2D eigenvalue weighted by molar-refractivity contribution is 7.50. The van der Waals surface area contributed by atoms with Gasteiger partial charge in [0.15, 0.2) is 0 Å². The first-order valence-electron chi connectivity index (χ1n) is 6.34. The molecule has 3 rings (SSSR count). The standard InChI is InChI=1S/C12H10ClN4O5P/c13-7-1-2-10-9(3-7)11(18)12(19)17(10)5-8-4-16(15-14-8)6-23(20,21)22/h1-4H,5-6H2,(H2,20,21,22). The van der Waals surface area contributed by atoms with Crippen LogP contribution in [0.25, 0.3) is 0 Å². The van der Waals surface area contributed by atoms with E-state index < -0.39 is 25.6 Å². The predicted molar refractivity (Wildman–Crippen MR) is 79.0 cm³/mol. The Balaban J connectivity index is 1.85. The summed E-state index contributed by atoms with van der Waals surface area (Å²) in [7, 11) is -4.28. The van der Waals surface area contributed by atoms with Crippen molar-refractivity contribution in [2.45, 2.75) is 12.8 Å². The van der Waals surface area contributed by atoms with E-state index in [1.165, 1.54) is 17.2 Å². The number of carbonyl (C=O) groups is 2. The lowest BCUT2D eigenvalue weighted by Gasteiger charge is -2.14. The summed E-state index contributed by atoms with van der Waals surface area (Å²) >= 11 is 5.83. The first-order valence-corrected chi connectivity index (χ1v) is 8.51. The highest BCUT2D eigenvalue weighted by Crippen LogP contribution is 2.36. The van der Waals surface area contributed by atoms with Crippen molar-refractivity contribution in [2.75, 3.05) is 4.90 Å². The van der Waals surface area contributed by atoms with Crippen LogP contribution in [0.3, 0.4) is 0 Å². The molecule has 0 unspecified atom stereocenters. The average molecular weight is 357 g/mol. The van der Waals surface area contributed by atoms with Gasteiger partial charge in [0.1, 0.15) is 12.0 Å². The van der Waals surface area contributed by atoms with Crippen LogP contribution in [0, 0.1) is 0 Å². The molecule has 0 spiro atoms. The van der Waals surface area contributed by atoms with Gasteiger partial charge in [0, 0.05) is 5.02 Å². The summed E-state index contributed by atoms with van der Waals surface area (Å²) in [5.74, 6) is -1.38. The van der Waals surface area contributed by atoms with E-state index in [0.717, 1.165) is 4.68 Å². The molecule has 0 saturated heterocycles. The fourth-order valence-corrected chi connectivity index (χ4v) is 2.95. The maximum absolute atomic E-state index is 12.1. The number of benzene rings is 1. The Labute approximate surface area is 134 Å². The summed E-state index contributed by atoms with van der Waals surface area (Å²) in [5, 5.41) is 7.69. The van der Waals surface area contributed by atoms with Gasteiger partial charge >= 0.3 is 7.60 Å². The van der Waals surface area contributed by atoms with Gasteiger partial charge < -0.3 is 9.79 Å². The van der Waals surface area contributed by atoms with Crippen LogP contribution in [0.4, 0.5) is 5.69 Å². The fraction of sp³-hybridized carbons (Fsp3) is 0.167. The van der Waals surface area contributed by atoms with Crippen molar-refractivity contribution < 1.29 is 23.9 Å². The minimum atomic E-state index is -4.28. The van der Waals surface area contributed by atoms with Gasteiger partial charge in [-0.1, -0.05) is 16.8 Å². The van der Waals surface area contributed by atoms with Gasteiger partial charge in [0.05, 0.1) is 24.0 Å². The van der Waals surface area contributed by atoms with Gasteiger partial charge in [-0.3, -0.25) is 19.1 Å². The van der Waals surface area contributed by atoms with Crippen molar-refractivity contribution in [2.24, 2.45) is 0 Å². The number of ketones is 1. The van der Waals surface area contributed by atoms with E-state index in [2.05, 4.69) is 10.3 Å². The third-order valence-electron chi connectivity index (χ3n) is 3.17. The smallest absolute Gasteiger partial charge is 0.323 e. The number of halogens is 1. The average Bonchev–Trinajstić information content (AvgIpc) is 2.96. The monoisotopic (exact) mass is 356 g/mol. The molecule has 11 heteroatoms. The Kier molecular flexibility index (Phi) is 3.81. The van der Waals surface area contributed by atoms with E-state index in [1.54, 1.807) is 12.1 Å². The van der Waals surface area contributed by atoms with Crippen LogP contribution in [-0.4, -0.2) is 36.5 Å². The third-order valence-corrected chi connectivity index (χ3v) is 4.06. The van der Waals surface area contributed by atoms with Crippen LogP contribution < -0.4 is 4.90 Å². The number of hydrogen-bond donors (Lipinski definition) is 2. The Morgan fingerprint density at radius 2 is 2.00 bits per heavy atom. The Morgan fingerprint density at radius 3 is 2.70 bits per heavy atom. The molecule has 2 N–H and O–H groups in total. The van der Waals surface area contributed by atoms with E-state index in [9.17, 15) is 14.2 Å². The Hall–Kier alpha value is -2.06. The number of aromatic nitrogens is 3. The van der Waals surface area contributed by atoms with Crippen LogP contribution in [0.15, 0.2) is 24.4 Å². The van der Waals surface area contributed by atoms with Crippen molar-refractivity contribution in [3.63, 3.8) is 0 Å². The minimum Gasteiger partial charge on any atom is -0.323 e. The molecule has 23 heavy (non-hydrogen) atoms. The molecule has 1 amide bonds. The molecule has 0 bridgehead atoms. The fourth-order valence-electron chi connectivity index (χ4n) is 2.26. The topological polar surface area (TPSA) is 126 Å². The zero-order valence-corrected chi connectivity index (χ0v) is 13.1. The van der Waals surface area contributed by atoms with Crippen LogP contribution in [-0.2, 0) is 22.2 Å². The van der Waals surface area contributed by atoms with E-state index in [-0.39, 0.29) is 12.1 Å². The third kappa shape index (κ3) is 3.18. The molecule has 1 aromatic carbocycles. The van der Waals surface area contributed by atoms with Crippen molar-refractivity contribution >= 4 is 36.6 Å². The van der Waals surface area contributed by atoms with Gasteiger partial charge in [0.25, 0.3) is 11.7 Å². The van der Waals surface area contributed by atoms with E-state index in [1.807, 2.05) is 0 Å². The number of amides is 1. The number of fused-ring (bicyclic) bond motifs is 1. The highest BCUT2D eigenvalue weighted by Gasteiger charge is 2.36. The molecule has 0 aliphatic carbocycles. The summed E-state index contributed by atoms with van der Waals surface area (Å²) in [6.07, 6.45) is 0.698. The zero-order valence-electron chi connectivity index (χ0n) is 11.5. The lowest BCUT2D eigenvalue weighted by atomic mass is 10.1. The second-order valence-corrected chi connectivity index (χ2v) is 6.99. The number of anilines is 1. The summed E-state index contributed by atoms with van der Waals surface area (Å²) in [6.45, 7) is -0.0413. The summed E-state index contributed by atoms with van der Waals surface area (Å²) < 4.78 is 11.9. The molecule has 2 aromatic rings. The quantitative estimate of drug-likeness (QED) is 0.612. The van der Waals surface area contributed by atoms with Gasteiger partial charge in [0.2, 0.25) is 0 Å². The lowest BCUT2D eigenvalue weighted by molar-refractivity contribution is -0.114. The van der Waals surface area contributed by atoms with Gasteiger partial charge in [-0.15, -0.1) is 5.10 Å². The first-order chi connectivity index (χ1) is 10.7. The number of Topliss-reactive ketones (excluding diaryl/α,β-unsaturated/α-hetero) is 1. The highest BCUT2D eigenvalue weighted by atomic mass is 35.5. The molecule has 0 saturated carbocycles. The van der Waals surface area contributed by atoms with Crippen molar-refractivity contribution in [3.05, 3.63) is 40.7 Å². The zero-order chi connectivity index (χ0) is 16.8. The summed E-state index contributed by atoms with van der Waals surface area (Å²) in [6, 6.07) is 4.53. The van der Waals surface area contributed by atoms with Crippen LogP contribution in [0.5, 0.6) is 0 Å². The molecule has 0 radical (unpaired) electrons. The van der Waals surface area contributed by atoms with Crippen LogP contribution >= 0.6 is 19.2 Å². The van der Waals surface area contributed by atoms with Crippen molar-refractivity contribution in [3.8, 4) is 0 Å². The maximum Gasteiger partial charge on any atom is 0.346 e. The molecular weight excluding hydrogens is 347 g/mol. The number of hydrogen-bond acceptors (Lipinski definition) is 5. The molecule has 9 nitrogen and oxygen atoms in total. The Bertz CT molecular complexity index is 861. The molecule has 0 atom stereocenters. The van der Waals surface area contributed by atoms with Crippen LogP contribution in [0.2, 0.25) is 5.02 Å². The number of nitrogens with zero attached hydrogens (tertiary/aromatic N) is 4. The molecule has 1 aromatic heterocycles. The molecule has 2 heterocycles. The van der Waals surface area contributed by atoms with E-state index in [0.29, 0.717) is 16.4 Å². The molecular formula is C12H10ClN4O5P. The summed E-state index contributed by atoms with van der Waals surface area (Å²) in [4.78, 5) is 43.0. The number of carbonyl (C=O) groups excluding carboxylic acids is 2. The van der Waals surface area contributed by atoms with Gasteiger partial charge in [-0.25, -0.2) is 4.68 Å². The normalized spacial score (nSPS) is 14.5. The molecule has 0 fully saturated rings. The molecule has 120 valence electrons. The first kappa shape index (κ1) is 15.8. The van der Waals surface area contributed by atoms with Crippen LogP contribution in [0.1, 0.15) is 16.1 Å². The molecule has 1 aliphatic rings. The largest absolute Gasteiger partial charge is 0.346 e. The Morgan fingerprint density at radius 1 is 1.26 bits per heavy atom. The van der Waals surface area contributed by atoms with Gasteiger partial charge in [-0.2, -0.15) is 0 Å². The maximum atomic E-state index is 12.1.